The first-order chi connectivity index (χ1) is 4.22. The fourth-order valence-corrected chi connectivity index (χ4v) is 0.535. The van der Waals surface area contributed by atoms with Gasteiger partial charge >= 0.3 is 0 Å². The number of nitrogens with two attached hydrogens (primary N) is 1. The van der Waals surface area contributed by atoms with Crippen LogP contribution >= 0.6 is 11.8 Å². The van der Waals surface area contributed by atoms with Gasteiger partial charge in [-0.05, 0) is 6.92 Å². The molecule has 0 rings (SSSR count). The van der Waals surface area contributed by atoms with Crippen LogP contribution in [-0.2, 0) is 0 Å². The van der Waals surface area contributed by atoms with Crippen LogP contribution in [0.5, 0.6) is 0 Å². The van der Waals surface area contributed by atoms with Gasteiger partial charge in [-0.1, -0.05) is 0 Å². The van der Waals surface area contributed by atoms with Crippen LogP contribution in [-0.4, -0.2) is 0 Å². The van der Waals surface area contributed by atoms with Crippen molar-refractivity contribution in [3.63, 3.8) is 0 Å². The Balaban J connectivity index is 4.26. The number of rotatable bonds is 1. The second-order valence-corrected chi connectivity index (χ2v) is 2.11. The van der Waals surface area contributed by atoms with Crippen LogP contribution in [0, 0.1) is 22.0 Å². The minimum absolute atomic E-state index is 0.275. The molecular formula is C5H5N3S. The molecule has 0 aromatic rings. The largest absolute Gasteiger partial charge is 0.401 e. The number of thioether (sulfide) groups is 1. The molecule has 0 aliphatic heterocycles. The van der Waals surface area contributed by atoms with Gasteiger partial charge in [-0.15, -0.1) is 0 Å². The SMILES string of the molecule is C/C(N)=C(/C#N)SC#N. The van der Waals surface area contributed by atoms with Crippen molar-refractivity contribution in [2.75, 3.05) is 0 Å². The first-order valence-electron chi connectivity index (χ1n) is 2.14. The molecule has 0 heterocycles. The van der Waals surface area contributed by atoms with Gasteiger partial charge in [0.15, 0.2) is 0 Å². The third-order valence-electron chi connectivity index (χ3n) is 0.607. The second kappa shape index (κ2) is 3.82. The lowest BCUT2D eigenvalue weighted by molar-refractivity contribution is 1.30. The Labute approximate surface area is 57.8 Å². The highest BCUT2D eigenvalue weighted by Crippen LogP contribution is 2.13. The highest BCUT2D eigenvalue weighted by Gasteiger charge is 1.96. The second-order valence-electron chi connectivity index (χ2n) is 1.32. The van der Waals surface area contributed by atoms with Crippen LogP contribution in [0.4, 0.5) is 0 Å². The predicted octanol–water partition coefficient (Wildman–Crippen LogP) is 0.914. The summed E-state index contributed by atoms with van der Waals surface area (Å²) in [5.41, 5.74) is 5.61. The molecule has 9 heavy (non-hydrogen) atoms. The molecule has 46 valence electrons. The number of hydrogen-bond acceptors (Lipinski definition) is 4. The average Bonchev–Trinajstić information content (AvgIpc) is 1.82. The number of thiocyanates is 1. The van der Waals surface area contributed by atoms with Crippen molar-refractivity contribution in [3.8, 4) is 11.5 Å². The van der Waals surface area contributed by atoms with Crippen molar-refractivity contribution in [1.82, 2.24) is 0 Å². The van der Waals surface area contributed by atoms with Crippen molar-refractivity contribution in [2.24, 2.45) is 5.73 Å². The van der Waals surface area contributed by atoms with E-state index in [1.54, 1.807) is 18.4 Å². The van der Waals surface area contributed by atoms with Crippen LogP contribution in [0.2, 0.25) is 0 Å². The topological polar surface area (TPSA) is 73.6 Å². The molecule has 0 radical (unpaired) electrons. The molecule has 0 aromatic carbocycles. The smallest absolute Gasteiger partial charge is 0.139 e. The van der Waals surface area contributed by atoms with E-state index in [9.17, 15) is 0 Å². The lowest BCUT2D eigenvalue weighted by atomic mass is 10.5. The summed E-state index contributed by atoms with van der Waals surface area (Å²) in [6, 6.07) is 1.80. The molecule has 0 saturated heterocycles. The molecule has 0 amide bonds. The third kappa shape index (κ3) is 2.63. The van der Waals surface area contributed by atoms with E-state index in [4.69, 9.17) is 16.3 Å². The normalized spacial score (nSPS) is 11.0. The van der Waals surface area contributed by atoms with Crippen LogP contribution in [0.1, 0.15) is 6.92 Å². The van der Waals surface area contributed by atoms with Crippen molar-refractivity contribution in [2.45, 2.75) is 6.92 Å². The molecule has 0 bridgehead atoms. The van der Waals surface area contributed by atoms with Crippen LogP contribution < -0.4 is 5.73 Å². The van der Waals surface area contributed by atoms with Gasteiger partial charge in [-0.2, -0.15) is 10.5 Å². The molecule has 0 fully saturated rings. The average molecular weight is 139 g/mol. The van der Waals surface area contributed by atoms with E-state index >= 15 is 0 Å². The zero-order chi connectivity index (χ0) is 7.28. The molecule has 0 aliphatic rings. The Morgan fingerprint density at radius 3 is 2.22 bits per heavy atom. The maximum Gasteiger partial charge on any atom is 0.139 e. The van der Waals surface area contributed by atoms with E-state index in [1.807, 2.05) is 0 Å². The summed E-state index contributed by atoms with van der Waals surface area (Å²) in [5.74, 6) is 0. The zero-order valence-electron chi connectivity index (χ0n) is 4.88. The highest BCUT2D eigenvalue weighted by atomic mass is 32.2. The fourth-order valence-electron chi connectivity index (χ4n) is 0.237. The molecular weight excluding hydrogens is 134 g/mol. The molecule has 0 atom stereocenters. The number of nitriles is 2. The standard InChI is InChI=1S/C5H5N3S/c1-4(8)5(2-6)9-3-7/h8H2,1H3/b5-4+. The molecule has 0 spiro atoms. The minimum atomic E-state index is 0.275. The third-order valence-corrected chi connectivity index (χ3v) is 1.32. The minimum Gasteiger partial charge on any atom is -0.401 e. The molecule has 0 aromatic heterocycles. The quantitative estimate of drug-likeness (QED) is 0.433. The molecule has 3 nitrogen and oxygen atoms in total. The maximum atomic E-state index is 8.27. The Kier molecular flexibility index (Phi) is 3.34. The number of hydrogen-bond donors (Lipinski definition) is 1. The van der Waals surface area contributed by atoms with Gasteiger partial charge < -0.3 is 5.73 Å². The van der Waals surface area contributed by atoms with Gasteiger partial charge in [0.1, 0.15) is 16.4 Å². The molecule has 2 N–H and O–H groups in total. The van der Waals surface area contributed by atoms with Crippen molar-refractivity contribution >= 4 is 11.8 Å². The summed E-state index contributed by atoms with van der Waals surface area (Å²) in [6.07, 6.45) is 0. The first-order valence-corrected chi connectivity index (χ1v) is 2.96. The van der Waals surface area contributed by atoms with E-state index in [0.29, 0.717) is 5.70 Å². The fraction of sp³-hybridized carbons (Fsp3) is 0.200. The molecule has 0 saturated carbocycles. The van der Waals surface area contributed by atoms with Gasteiger partial charge in [0.2, 0.25) is 0 Å². The number of allylic oxidation sites excluding steroid dienone is 2. The lowest BCUT2D eigenvalue weighted by Crippen LogP contribution is -1.92. The Hall–Kier alpha value is -1.13. The Bertz CT molecular complexity index is 201. The van der Waals surface area contributed by atoms with Crippen molar-refractivity contribution in [1.29, 1.82) is 10.5 Å². The van der Waals surface area contributed by atoms with Gasteiger partial charge in [0.05, 0.1) is 0 Å². The summed E-state index contributed by atoms with van der Waals surface area (Å²) >= 11 is 0.784. The molecule has 0 unspecified atom stereocenters. The van der Waals surface area contributed by atoms with Gasteiger partial charge in [-0.3, -0.25) is 0 Å². The van der Waals surface area contributed by atoms with Crippen molar-refractivity contribution < 1.29 is 0 Å². The van der Waals surface area contributed by atoms with E-state index in [2.05, 4.69) is 0 Å². The monoisotopic (exact) mass is 139 g/mol. The van der Waals surface area contributed by atoms with Gasteiger partial charge in [0, 0.05) is 17.5 Å². The lowest BCUT2D eigenvalue weighted by Gasteiger charge is -1.89. The summed E-state index contributed by atoms with van der Waals surface area (Å²) in [6.45, 7) is 1.59. The van der Waals surface area contributed by atoms with E-state index in [0.717, 1.165) is 11.8 Å². The van der Waals surface area contributed by atoms with Gasteiger partial charge in [0.25, 0.3) is 0 Å². The van der Waals surface area contributed by atoms with Crippen LogP contribution in [0.3, 0.4) is 0 Å². The Morgan fingerprint density at radius 2 is 2.11 bits per heavy atom. The highest BCUT2D eigenvalue weighted by molar-refractivity contribution is 8.07. The van der Waals surface area contributed by atoms with E-state index < -0.39 is 0 Å². The first kappa shape index (κ1) is 7.87. The van der Waals surface area contributed by atoms with Crippen molar-refractivity contribution in [3.05, 3.63) is 10.6 Å². The Morgan fingerprint density at radius 1 is 1.56 bits per heavy atom. The van der Waals surface area contributed by atoms with Crippen LogP contribution in [0.15, 0.2) is 10.6 Å². The van der Waals surface area contributed by atoms with E-state index in [-0.39, 0.29) is 4.91 Å². The summed E-state index contributed by atoms with van der Waals surface area (Å²) in [7, 11) is 0. The molecule has 4 heteroatoms. The summed E-state index contributed by atoms with van der Waals surface area (Å²) in [4.78, 5) is 0.275. The molecule has 0 aliphatic carbocycles. The summed E-state index contributed by atoms with van der Waals surface area (Å²) in [5, 5.41) is 18.1. The van der Waals surface area contributed by atoms with E-state index in [1.165, 1.54) is 0 Å². The summed E-state index contributed by atoms with van der Waals surface area (Å²) < 4.78 is 0. The zero-order valence-corrected chi connectivity index (χ0v) is 5.70. The number of nitrogens with zero attached hydrogens (tertiary/aromatic N) is 2. The maximum absolute atomic E-state index is 8.27. The van der Waals surface area contributed by atoms with Gasteiger partial charge in [-0.25, -0.2) is 0 Å². The predicted molar refractivity (Wildman–Crippen MR) is 35.7 cm³/mol. The van der Waals surface area contributed by atoms with Crippen LogP contribution in [0.25, 0.3) is 0 Å².